The second-order valence-electron chi connectivity index (χ2n) is 8.19. The number of hydrogen-bond acceptors (Lipinski definition) is 7. The van der Waals surface area contributed by atoms with E-state index in [0.717, 1.165) is 41.0 Å². The molecule has 1 fully saturated rings. The highest BCUT2D eigenvalue weighted by molar-refractivity contribution is 6.06. The molecule has 0 atom stereocenters. The van der Waals surface area contributed by atoms with Crippen molar-refractivity contribution >= 4 is 34.7 Å². The Labute approximate surface area is 185 Å². The Kier molecular flexibility index (Phi) is 5.38. The number of carbonyl (C=O) groups is 1. The molecule has 2 aromatic heterocycles. The van der Waals surface area contributed by atoms with Crippen LogP contribution in [0, 0.1) is 6.92 Å². The number of rotatable bonds is 0. The van der Waals surface area contributed by atoms with E-state index in [1.165, 1.54) is 6.33 Å². The van der Waals surface area contributed by atoms with E-state index in [2.05, 4.69) is 24.8 Å². The predicted octanol–water partition coefficient (Wildman–Crippen LogP) is 2.93. The molecule has 1 saturated heterocycles. The number of amides is 1. The van der Waals surface area contributed by atoms with Crippen LogP contribution in [-0.4, -0.2) is 69.9 Å². The lowest BCUT2D eigenvalue weighted by molar-refractivity contribution is -0.131. The standard InChI is InChI=1S/C23H26N6O3/c1-15-5-6-16-12-18(15)24-13-17-20-21(27-23(17)31)25-14-26-22(20)29-9-7-28(8-10-29)19(30)4-2-3-11-32-16/h5-6,12-14,31H,2-4,7-11H2,1H3,(H,25,26,27). The summed E-state index contributed by atoms with van der Waals surface area (Å²) in [6.07, 6.45) is 5.28. The number of H-pyrrole nitrogens is 1. The topological polar surface area (TPSA) is 107 Å². The van der Waals surface area contributed by atoms with Crippen LogP contribution in [0.2, 0.25) is 0 Å². The smallest absolute Gasteiger partial charge is 0.222 e. The lowest BCUT2D eigenvalue weighted by atomic mass is 10.1. The van der Waals surface area contributed by atoms with Gasteiger partial charge in [0, 0.05) is 44.9 Å². The van der Waals surface area contributed by atoms with Crippen molar-refractivity contribution in [3.63, 3.8) is 0 Å². The highest BCUT2D eigenvalue weighted by Crippen LogP contribution is 2.33. The molecule has 5 heterocycles. The minimum atomic E-state index is -0.00113. The first-order chi connectivity index (χ1) is 15.6. The summed E-state index contributed by atoms with van der Waals surface area (Å²) in [5.41, 5.74) is 2.86. The van der Waals surface area contributed by atoms with E-state index >= 15 is 0 Å². The second-order valence-corrected chi connectivity index (χ2v) is 8.19. The summed E-state index contributed by atoms with van der Waals surface area (Å²) in [4.78, 5) is 33.1. The number of aromatic amines is 1. The van der Waals surface area contributed by atoms with Crippen molar-refractivity contribution in [3.05, 3.63) is 35.7 Å². The fourth-order valence-electron chi connectivity index (χ4n) is 4.23. The third-order valence-corrected chi connectivity index (χ3v) is 6.09. The molecule has 0 saturated carbocycles. The molecule has 2 N–H and O–H groups in total. The molecule has 166 valence electrons. The first-order valence-corrected chi connectivity index (χ1v) is 11.0. The number of ether oxygens (including phenoxy) is 1. The van der Waals surface area contributed by atoms with Crippen LogP contribution in [0.3, 0.4) is 0 Å². The van der Waals surface area contributed by atoms with Crippen molar-refractivity contribution in [1.82, 2.24) is 19.9 Å². The third-order valence-electron chi connectivity index (χ3n) is 6.09. The number of anilines is 1. The number of aliphatic imine (C=N–C) groups is 1. The largest absolute Gasteiger partial charge is 0.494 e. The summed E-state index contributed by atoms with van der Waals surface area (Å²) < 4.78 is 5.88. The minimum absolute atomic E-state index is 0.00113. The molecular weight excluding hydrogens is 408 g/mol. The van der Waals surface area contributed by atoms with Gasteiger partial charge in [0.2, 0.25) is 5.91 Å². The van der Waals surface area contributed by atoms with E-state index in [4.69, 9.17) is 4.74 Å². The number of hydrogen-bond donors (Lipinski definition) is 2. The summed E-state index contributed by atoms with van der Waals surface area (Å²) in [6, 6.07) is 5.77. The minimum Gasteiger partial charge on any atom is -0.494 e. The Morgan fingerprint density at radius 1 is 1.09 bits per heavy atom. The molecule has 0 aliphatic carbocycles. The zero-order chi connectivity index (χ0) is 22.1. The van der Waals surface area contributed by atoms with Crippen molar-refractivity contribution < 1.29 is 14.6 Å². The number of aryl methyl sites for hydroxylation is 1. The number of fused-ring (bicyclic) bond motifs is 7. The van der Waals surface area contributed by atoms with Gasteiger partial charge in [-0.3, -0.25) is 9.79 Å². The molecule has 3 aliphatic rings. The molecule has 3 aliphatic heterocycles. The van der Waals surface area contributed by atoms with Gasteiger partial charge >= 0.3 is 0 Å². The maximum Gasteiger partial charge on any atom is 0.222 e. The van der Waals surface area contributed by atoms with Gasteiger partial charge in [0.15, 0.2) is 5.88 Å². The Balaban J connectivity index is 1.58. The van der Waals surface area contributed by atoms with Crippen LogP contribution in [-0.2, 0) is 4.79 Å². The highest BCUT2D eigenvalue weighted by atomic mass is 16.5. The number of aromatic hydroxyl groups is 1. The summed E-state index contributed by atoms with van der Waals surface area (Å²) in [6.45, 7) is 5.17. The number of carbonyl (C=O) groups excluding carboxylic acids is 1. The lowest BCUT2D eigenvalue weighted by Gasteiger charge is -2.35. The van der Waals surface area contributed by atoms with Gasteiger partial charge in [-0.2, -0.15) is 0 Å². The SMILES string of the molecule is Cc1ccc2cc1N=Cc1c(O)[nH]c3ncnc(c13)N1CCN(CC1)C(=O)CCCCO2. The number of aromatic nitrogens is 3. The molecule has 0 radical (unpaired) electrons. The van der Waals surface area contributed by atoms with Crippen molar-refractivity contribution in [2.75, 3.05) is 37.7 Å². The first kappa shape index (κ1) is 20.3. The zero-order valence-electron chi connectivity index (χ0n) is 18.0. The van der Waals surface area contributed by atoms with E-state index in [9.17, 15) is 9.90 Å². The number of nitrogens with one attached hydrogen (secondary N) is 1. The van der Waals surface area contributed by atoms with Crippen molar-refractivity contribution in [2.24, 2.45) is 4.99 Å². The Hall–Kier alpha value is -3.62. The molecule has 6 rings (SSSR count). The van der Waals surface area contributed by atoms with Crippen LogP contribution >= 0.6 is 0 Å². The molecular formula is C23H26N6O3. The van der Waals surface area contributed by atoms with E-state index in [-0.39, 0.29) is 11.8 Å². The summed E-state index contributed by atoms with van der Waals surface area (Å²) in [5.74, 6) is 1.65. The van der Waals surface area contributed by atoms with Crippen LogP contribution in [0.15, 0.2) is 29.5 Å². The highest BCUT2D eigenvalue weighted by Gasteiger charge is 2.25. The van der Waals surface area contributed by atoms with Gasteiger partial charge in [0.1, 0.15) is 23.5 Å². The maximum atomic E-state index is 12.6. The van der Waals surface area contributed by atoms with E-state index in [0.29, 0.717) is 50.4 Å². The number of nitrogens with zero attached hydrogens (tertiary/aromatic N) is 5. The molecule has 9 nitrogen and oxygen atoms in total. The van der Waals surface area contributed by atoms with E-state index in [1.807, 2.05) is 30.0 Å². The van der Waals surface area contributed by atoms with E-state index in [1.54, 1.807) is 6.21 Å². The summed E-state index contributed by atoms with van der Waals surface area (Å²) in [5, 5.41) is 11.3. The molecule has 9 heteroatoms. The van der Waals surface area contributed by atoms with Gasteiger partial charge in [0.25, 0.3) is 0 Å². The summed E-state index contributed by atoms with van der Waals surface area (Å²) >= 11 is 0. The normalized spacial score (nSPS) is 17.3. The van der Waals surface area contributed by atoms with Crippen molar-refractivity contribution in [1.29, 1.82) is 0 Å². The molecule has 0 spiro atoms. The van der Waals surface area contributed by atoms with Gasteiger partial charge in [-0.15, -0.1) is 0 Å². The maximum absolute atomic E-state index is 12.6. The van der Waals surface area contributed by atoms with Gasteiger partial charge in [-0.25, -0.2) is 9.97 Å². The average Bonchev–Trinajstić information content (AvgIpc) is 3.13. The van der Waals surface area contributed by atoms with Crippen molar-refractivity contribution in [2.45, 2.75) is 26.2 Å². The molecule has 1 aromatic carbocycles. The molecule has 1 amide bonds. The van der Waals surface area contributed by atoms with Crippen LogP contribution < -0.4 is 9.64 Å². The van der Waals surface area contributed by atoms with Crippen LogP contribution in [0.25, 0.3) is 11.0 Å². The van der Waals surface area contributed by atoms with Crippen LogP contribution in [0.4, 0.5) is 11.5 Å². The second kappa shape index (κ2) is 8.49. The lowest BCUT2D eigenvalue weighted by Crippen LogP contribution is -2.49. The van der Waals surface area contributed by atoms with Crippen molar-refractivity contribution in [3.8, 4) is 11.6 Å². The van der Waals surface area contributed by atoms with Gasteiger partial charge in [-0.1, -0.05) is 6.07 Å². The fraction of sp³-hybridized carbons (Fsp3) is 0.391. The monoisotopic (exact) mass is 434 g/mol. The van der Waals surface area contributed by atoms with Gasteiger partial charge < -0.3 is 24.6 Å². The fourth-order valence-corrected chi connectivity index (χ4v) is 4.23. The van der Waals surface area contributed by atoms with Gasteiger partial charge in [-0.05, 0) is 31.4 Å². The average molecular weight is 435 g/mol. The molecule has 0 unspecified atom stereocenters. The number of piperazine rings is 1. The molecule has 4 bridgehead atoms. The van der Waals surface area contributed by atoms with Gasteiger partial charge in [0.05, 0.1) is 23.2 Å². The predicted molar refractivity (Wildman–Crippen MR) is 122 cm³/mol. The zero-order valence-corrected chi connectivity index (χ0v) is 18.0. The van der Waals surface area contributed by atoms with Crippen LogP contribution in [0.1, 0.15) is 30.4 Å². The Morgan fingerprint density at radius 3 is 2.75 bits per heavy atom. The first-order valence-electron chi connectivity index (χ1n) is 11.0. The van der Waals surface area contributed by atoms with Crippen LogP contribution in [0.5, 0.6) is 11.6 Å². The Morgan fingerprint density at radius 2 is 1.91 bits per heavy atom. The number of benzene rings is 1. The molecule has 32 heavy (non-hydrogen) atoms. The Bertz CT molecular complexity index is 1180. The summed E-state index contributed by atoms with van der Waals surface area (Å²) in [7, 11) is 0. The van der Waals surface area contributed by atoms with E-state index < -0.39 is 0 Å². The third kappa shape index (κ3) is 3.86. The quantitative estimate of drug-likeness (QED) is 0.563. The molecule has 3 aromatic rings.